The number of aliphatic hydroxyl groups is 1. The minimum atomic E-state index is -0.921. The molecule has 5 N–H and O–H groups in total. The van der Waals surface area contributed by atoms with Crippen molar-refractivity contribution in [2.24, 2.45) is 5.73 Å². The first-order valence-electron chi connectivity index (χ1n) is 2.62. The lowest BCUT2D eigenvalue weighted by atomic mass is 10.7. The molecule has 10 heavy (non-hydrogen) atoms. The molecule has 4 amide bonds. The Morgan fingerprint density at radius 2 is 2.10 bits per heavy atom. The van der Waals surface area contributed by atoms with Crippen molar-refractivity contribution in [3.05, 3.63) is 0 Å². The molecule has 0 aromatic carbocycles. The highest BCUT2D eigenvalue weighted by Crippen LogP contribution is 1.62. The normalized spacial score (nSPS) is 8.50. The van der Waals surface area contributed by atoms with Crippen molar-refractivity contribution in [2.75, 3.05) is 13.2 Å². The molecule has 0 heterocycles. The van der Waals surface area contributed by atoms with E-state index in [0.29, 0.717) is 0 Å². The number of urea groups is 2. The van der Waals surface area contributed by atoms with Gasteiger partial charge in [-0.1, -0.05) is 0 Å². The third-order valence-electron chi connectivity index (χ3n) is 0.634. The molecule has 6 nitrogen and oxygen atoms in total. The fourth-order valence-corrected chi connectivity index (χ4v) is 0.326. The number of nitrogens with one attached hydrogen (secondary N) is 2. The molecule has 0 fully saturated rings. The van der Waals surface area contributed by atoms with Crippen LogP contribution in [0.2, 0.25) is 0 Å². The summed E-state index contributed by atoms with van der Waals surface area (Å²) in [4.78, 5) is 20.3. The molecular weight excluding hydrogens is 138 g/mol. The van der Waals surface area contributed by atoms with E-state index in [-0.39, 0.29) is 13.2 Å². The molecule has 0 saturated carbocycles. The van der Waals surface area contributed by atoms with Crippen LogP contribution in [-0.4, -0.2) is 30.3 Å². The summed E-state index contributed by atoms with van der Waals surface area (Å²) in [5.74, 6) is 0. The van der Waals surface area contributed by atoms with Crippen molar-refractivity contribution in [3.8, 4) is 0 Å². The average molecular weight is 147 g/mol. The average Bonchev–Trinajstić information content (AvgIpc) is 1.82. The number of carbonyl (C=O) groups excluding carboxylic acids is 2. The van der Waals surface area contributed by atoms with Gasteiger partial charge in [0.05, 0.1) is 6.61 Å². The first kappa shape index (κ1) is 8.70. The van der Waals surface area contributed by atoms with E-state index in [4.69, 9.17) is 5.11 Å². The Morgan fingerprint density at radius 1 is 1.50 bits per heavy atom. The Morgan fingerprint density at radius 3 is 2.50 bits per heavy atom. The van der Waals surface area contributed by atoms with Gasteiger partial charge in [-0.3, -0.25) is 5.32 Å². The molecular formula is C4H9N3O3. The molecule has 0 saturated heterocycles. The van der Waals surface area contributed by atoms with Gasteiger partial charge in [-0.15, -0.1) is 0 Å². The number of rotatable bonds is 2. The summed E-state index contributed by atoms with van der Waals surface area (Å²) in [6, 6.07) is -1.63. The zero-order valence-corrected chi connectivity index (χ0v) is 5.26. The maximum Gasteiger partial charge on any atom is 0.322 e. The van der Waals surface area contributed by atoms with Gasteiger partial charge in [0, 0.05) is 6.54 Å². The Balaban J connectivity index is 3.35. The molecule has 0 aliphatic heterocycles. The number of amides is 4. The summed E-state index contributed by atoms with van der Waals surface area (Å²) in [7, 11) is 0. The van der Waals surface area contributed by atoms with Gasteiger partial charge in [-0.2, -0.15) is 0 Å². The summed E-state index contributed by atoms with van der Waals surface area (Å²) in [6.07, 6.45) is 0. The van der Waals surface area contributed by atoms with Crippen molar-refractivity contribution in [2.45, 2.75) is 0 Å². The number of hydrogen-bond acceptors (Lipinski definition) is 3. The number of aliphatic hydroxyl groups excluding tert-OH is 1. The minimum Gasteiger partial charge on any atom is -0.395 e. The molecule has 0 radical (unpaired) electrons. The van der Waals surface area contributed by atoms with Crippen LogP contribution in [-0.2, 0) is 0 Å². The zero-order valence-electron chi connectivity index (χ0n) is 5.26. The van der Waals surface area contributed by atoms with Gasteiger partial charge in [0.15, 0.2) is 0 Å². The van der Waals surface area contributed by atoms with Crippen LogP contribution in [0.15, 0.2) is 0 Å². The van der Waals surface area contributed by atoms with E-state index >= 15 is 0 Å². The second-order valence-corrected chi connectivity index (χ2v) is 1.47. The standard InChI is InChI=1S/C4H9N3O3/c5-3(9)7-4(10)6-1-2-8/h8H,1-2H2,(H4,5,6,7,9,10). The molecule has 0 aliphatic rings. The Bertz CT molecular complexity index is 136. The van der Waals surface area contributed by atoms with Crippen molar-refractivity contribution < 1.29 is 14.7 Å². The highest BCUT2D eigenvalue weighted by molar-refractivity contribution is 5.92. The van der Waals surface area contributed by atoms with Crippen LogP contribution in [0.1, 0.15) is 0 Å². The fraction of sp³-hybridized carbons (Fsp3) is 0.500. The van der Waals surface area contributed by atoms with Crippen molar-refractivity contribution >= 4 is 12.1 Å². The minimum absolute atomic E-state index is 0.0963. The molecule has 0 bridgehead atoms. The SMILES string of the molecule is NC(=O)NC(=O)NCCO. The van der Waals surface area contributed by atoms with Gasteiger partial charge >= 0.3 is 12.1 Å². The maximum absolute atomic E-state index is 10.4. The molecule has 0 aliphatic carbocycles. The second-order valence-electron chi connectivity index (χ2n) is 1.47. The molecule has 0 aromatic rings. The summed E-state index contributed by atoms with van der Waals surface area (Å²) in [6.45, 7) is -0.0781. The van der Waals surface area contributed by atoms with Crippen LogP contribution in [0, 0.1) is 0 Å². The quantitative estimate of drug-likeness (QED) is 0.376. The van der Waals surface area contributed by atoms with Gasteiger partial charge in [-0.25, -0.2) is 9.59 Å². The van der Waals surface area contributed by atoms with E-state index in [9.17, 15) is 9.59 Å². The van der Waals surface area contributed by atoms with Crippen LogP contribution in [0.3, 0.4) is 0 Å². The summed E-state index contributed by atoms with van der Waals surface area (Å²) in [5, 5.41) is 12.1. The molecule has 6 heteroatoms. The molecule has 0 unspecified atom stereocenters. The molecule has 58 valence electrons. The number of primary amides is 1. The van der Waals surface area contributed by atoms with E-state index in [0.717, 1.165) is 0 Å². The number of imide groups is 1. The topological polar surface area (TPSA) is 104 Å². The third kappa shape index (κ3) is 4.85. The lowest BCUT2D eigenvalue weighted by Gasteiger charge is -2.00. The van der Waals surface area contributed by atoms with Crippen LogP contribution in [0.4, 0.5) is 9.59 Å². The van der Waals surface area contributed by atoms with Crippen LogP contribution in [0.25, 0.3) is 0 Å². The van der Waals surface area contributed by atoms with E-state index in [2.05, 4.69) is 11.1 Å². The Hall–Kier alpha value is -1.30. The molecule has 0 aromatic heterocycles. The molecule has 0 rings (SSSR count). The van der Waals surface area contributed by atoms with E-state index in [1.54, 1.807) is 5.32 Å². The van der Waals surface area contributed by atoms with Crippen LogP contribution < -0.4 is 16.4 Å². The number of carbonyl (C=O) groups is 2. The summed E-state index contributed by atoms with van der Waals surface area (Å²) in [5.41, 5.74) is 4.59. The van der Waals surface area contributed by atoms with Gasteiger partial charge in [-0.05, 0) is 0 Å². The van der Waals surface area contributed by atoms with E-state index < -0.39 is 12.1 Å². The molecule has 0 atom stereocenters. The molecule has 0 spiro atoms. The number of hydrogen-bond donors (Lipinski definition) is 4. The highest BCUT2D eigenvalue weighted by Gasteiger charge is 1.99. The van der Waals surface area contributed by atoms with Gasteiger partial charge in [0.2, 0.25) is 0 Å². The predicted molar refractivity (Wildman–Crippen MR) is 33.2 cm³/mol. The first-order valence-corrected chi connectivity index (χ1v) is 2.62. The number of nitrogens with two attached hydrogens (primary N) is 1. The predicted octanol–water partition coefficient (Wildman–Crippen LogP) is -1.64. The fourth-order valence-electron chi connectivity index (χ4n) is 0.326. The van der Waals surface area contributed by atoms with Crippen molar-refractivity contribution in [1.29, 1.82) is 0 Å². The van der Waals surface area contributed by atoms with Crippen LogP contribution >= 0.6 is 0 Å². The Labute approximate surface area is 57.4 Å². The zero-order chi connectivity index (χ0) is 7.98. The van der Waals surface area contributed by atoms with E-state index in [1.807, 2.05) is 0 Å². The largest absolute Gasteiger partial charge is 0.395 e. The highest BCUT2D eigenvalue weighted by atomic mass is 16.3. The van der Waals surface area contributed by atoms with Crippen molar-refractivity contribution in [3.63, 3.8) is 0 Å². The Kier molecular flexibility index (Phi) is 3.97. The monoisotopic (exact) mass is 147 g/mol. The van der Waals surface area contributed by atoms with Crippen molar-refractivity contribution in [1.82, 2.24) is 10.6 Å². The third-order valence-corrected chi connectivity index (χ3v) is 0.634. The lowest BCUT2D eigenvalue weighted by Crippen LogP contribution is -2.43. The van der Waals surface area contributed by atoms with Crippen LogP contribution in [0.5, 0.6) is 0 Å². The smallest absolute Gasteiger partial charge is 0.322 e. The summed E-state index contributed by atoms with van der Waals surface area (Å²) < 4.78 is 0. The summed E-state index contributed by atoms with van der Waals surface area (Å²) >= 11 is 0. The lowest BCUT2D eigenvalue weighted by molar-refractivity contribution is 0.227. The maximum atomic E-state index is 10.4. The van der Waals surface area contributed by atoms with Gasteiger partial charge < -0.3 is 16.2 Å². The second kappa shape index (κ2) is 4.57. The van der Waals surface area contributed by atoms with E-state index in [1.165, 1.54) is 0 Å². The van der Waals surface area contributed by atoms with Gasteiger partial charge in [0.1, 0.15) is 0 Å². The first-order chi connectivity index (χ1) is 4.66. The van der Waals surface area contributed by atoms with Gasteiger partial charge in [0.25, 0.3) is 0 Å².